The number of para-hydroxylation sites is 1. The fourth-order valence-corrected chi connectivity index (χ4v) is 4.32. The second-order valence-electron chi connectivity index (χ2n) is 8.43. The molecule has 0 spiro atoms. The zero-order valence-corrected chi connectivity index (χ0v) is 18.1. The number of ether oxygens (including phenoxy) is 2. The third-order valence-corrected chi connectivity index (χ3v) is 6.04. The monoisotopic (exact) mass is 447 g/mol. The molecule has 33 heavy (non-hydrogen) atoms. The van der Waals surface area contributed by atoms with Crippen molar-refractivity contribution < 1.29 is 19.1 Å². The van der Waals surface area contributed by atoms with Crippen molar-refractivity contribution in [1.29, 1.82) is 0 Å². The maximum absolute atomic E-state index is 12.6. The van der Waals surface area contributed by atoms with Crippen LogP contribution in [0.4, 0.5) is 0 Å². The summed E-state index contributed by atoms with van der Waals surface area (Å²) in [6.07, 6.45) is 4.29. The number of carbonyl (C=O) groups excluding carboxylic acids is 2. The molecule has 9 nitrogen and oxygen atoms in total. The Morgan fingerprint density at radius 2 is 2.00 bits per heavy atom. The van der Waals surface area contributed by atoms with Crippen LogP contribution in [0.2, 0.25) is 0 Å². The molecule has 2 amide bonds. The van der Waals surface area contributed by atoms with E-state index in [1.807, 2.05) is 48.5 Å². The van der Waals surface area contributed by atoms with Crippen LogP contribution in [0, 0.1) is 0 Å². The number of nitrogens with zero attached hydrogens (tertiary/aromatic N) is 3. The average Bonchev–Trinajstić information content (AvgIpc) is 3.57. The van der Waals surface area contributed by atoms with Crippen LogP contribution < -0.4 is 20.1 Å². The molecule has 1 fully saturated rings. The van der Waals surface area contributed by atoms with Gasteiger partial charge in [0, 0.05) is 18.4 Å². The maximum atomic E-state index is 12.6. The number of amides is 2. The first-order valence-corrected chi connectivity index (χ1v) is 11.0. The largest absolute Gasteiger partial charge is 0.454 e. The topological polar surface area (TPSA) is 107 Å². The molecular formula is C24H25N5O4. The van der Waals surface area contributed by atoms with Crippen molar-refractivity contribution in [2.24, 2.45) is 0 Å². The van der Waals surface area contributed by atoms with Crippen LogP contribution in [0.15, 0.2) is 54.7 Å². The van der Waals surface area contributed by atoms with Gasteiger partial charge in [-0.2, -0.15) is 15.0 Å². The number of hydrogen-bond acceptors (Lipinski definition) is 6. The zero-order valence-electron chi connectivity index (χ0n) is 18.1. The molecule has 9 heteroatoms. The van der Waals surface area contributed by atoms with Gasteiger partial charge in [0.25, 0.3) is 0 Å². The fourth-order valence-electron chi connectivity index (χ4n) is 4.32. The van der Waals surface area contributed by atoms with Crippen molar-refractivity contribution >= 4 is 11.8 Å². The standard InChI is InChI=1S/C24H25N5O4/c30-22(25-14-18-15-26-29(28-18)19-4-2-1-3-5-19)8-10-24(11-9-23(31)27-24)13-17-6-7-20-21(12-17)33-16-32-20/h1-7,12,15H,8-11,13-14,16H2,(H,25,30)(H,27,31). The summed E-state index contributed by atoms with van der Waals surface area (Å²) in [7, 11) is 0. The minimum absolute atomic E-state index is 0.0219. The maximum Gasteiger partial charge on any atom is 0.231 e. The number of aromatic nitrogens is 3. The van der Waals surface area contributed by atoms with E-state index in [0.717, 1.165) is 17.0 Å². The van der Waals surface area contributed by atoms with E-state index >= 15 is 0 Å². The summed E-state index contributed by atoms with van der Waals surface area (Å²) in [5.41, 5.74) is 2.13. The van der Waals surface area contributed by atoms with E-state index in [1.165, 1.54) is 4.80 Å². The predicted molar refractivity (Wildman–Crippen MR) is 119 cm³/mol. The van der Waals surface area contributed by atoms with Crippen LogP contribution in [-0.2, 0) is 22.6 Å². The van der Waals surface area contributed by atoms with Crippen molar-refractivity contribution in [1.82, 2.24) is 25.6 Å². The van der Waals surface area contributed by atoms with E-state index in [9.17, 15) is 9.59 Å². The normalized spacial score (nSPS) is 18.8. The Hall–Kier alpha value is -3.88. The smallest absolute Gasteiger partial charge is 0.231 e. The minimum atomic E-state index is -0.446. The quantitative estimate of drug-likeness (QED) is 0.549. The molecule has 0 bridgehead atoms. The Labute approximate surface area is 191 Å². The van der Waals surface area contributed by atoms with Crippen molar-refractivity contribution in [3.63, 3.8) is 0 Å². The van der Waals surface area contributed by atoms with E-state index in [4.69, 9.17) is 9.47 Å². The molecule has 0 saturated carbocycles. The summed E-state index contributed by atoms with van der Waals surface area (Å²) in [5, 5.41) is 14.7. The van der Waals surface area contributed by atoms with Gasteiger partial charge in [-0.3, -0.25) is 9.59 Å². The first-order chi connectivity index (χ1) is 16.1. The molecule has 1 aromatic heterocycles. The molecule has 3 aromatic rings. The lowest BCUT2D eigenvalue weighted by molar-refractivity contribution is -0.122. The molecule has 170 valence electrons. The van der Waals surface area contributed by atoms with Gasteiger partial charge in [-0.05, 0) is 49.1 Å². The van der Waals surface area contributed by atoms with Crippen LogP contribution in [0.25, 0.3) is 5.69 Å². The highest BCUT2D eigenvalue weighted by molar-refractivity contribution is 5.80. The Morgan fingerprint density at radius 3 is 2.82 bits per heavy atom. The lowest BCUT2D eigenvalue weighted by Gasteiger charge is -2.29. The van der Waals surface area contributed by atoms with Crippen molar-refractivity contribution in [3.05, 3.63) is 66.0 Å². The van der Waals surface area contributed by atoms with E-state index in [0.29, 0.717) is 50.1 Å². The van der Waals surface area contributed by atoms with Gasteiger partial charge in [0.1, 0.15) is 5.69 Å². The van der Waals surface area contributed by atoms with Gasteiger partial charge < -0.3 is 20.1 Å². The summed E-state index contributed by atoms with van der Waals surface area (Å²) in [6.45, 7) is 0.521. The number of rotatable bonds is 8. The summed E-state index contributed by atoms with van der Waals surface area (Å²) in [5.74, 6) is 1.38. The number of hydrogen-bond donors (Lipinski definition) is 2. The van der Waals surface area contributed by atoms with E-state index < -0.39 is 5.54 Å². The molecule has 5 rings (SSSR count). The summed E-state index contributed by atoms with van der Waals surface area (Å²) < 4.78 is 10.9. The fraction of sp³-hybridized carbons (Fsp3) is 0.333. The Balaban J connectivity index is 1.17. The molecule has 1 atom stereocenters. The third-order valence-electron chi connectivity index (χ3n) is 6.04. The first kappa shape index (κ1) is 21.0. The van der Waals surface area contributed by atoms with Crippen LogP contribution in [-0.4, -0.2) is 39.1 Å². The van der Waals surface area contributed by atoms with E-state index in [-0.39, 0.29) is 18.6 Å². The molecule has 0 radical (unpaired) electrons. The van der Waals surface area contributed by atoms with Gasteiger partial charge in [0.2, 0.25) is 18.6 Å². The van der Waals surface area contributed by atoms with Crippen LogP contribution in [0.1, 0.15) is 36.9 Å². The van der Waals surface area contributed by atoms with E-state index in [2.05, 4.69) is 20.8 Å². The number of fused-ring (bicyclic) bond motifs is 1. The van der Waals surface area contributed by atoms with Gasteiger partial charge in [-0.15, -0.1) is 0 Å². The molecule has 0 aliphatic carbocycles. The molecule has 2 aromatic carbocycles. The lowest BCUT2D eigenvalue weighted by Crippen LogP contribution is -2.44. The van der Waals surface area contributed by atoms with Gasteiger partial charge >= 0.3 is 0 Å². The van der Waals surface area contributed by atoms with Gasteiger partial charge in [-0.25, -0.2) is 0 Å². The van der Waals surface area contributed by atoms with E-state index in [1.54, 1.807) is 6.20 Å². The second-order valence-corrected chi connectivity index (χ2v) is 8.43. The highest BCUT2D eigenvalue weighted by Gasteiger charge is 2.38. The summed E-state index contributed by atoms with van der Waals surface area (Å²) in [4.78, 5) is 26.1. The van der Waals surface area contributed by atoms with Crippen molar-refractivity contribution in [2.45, 2.75) is 44.2 Å². The zero-order chi connectivity index (χ0) is 22.7. The third kappa shape index (κ3) is 4.82. The Morgan fingerprint density at radius 1 is 1.15 bits per heavy atom. The number of carbonyl (C=O) groups is 2. The van der Waals surface area contributed by atoms with Crippen molar-refractivity contribution in [2.75, 3.05) is 6.79 Å². The summed E-state index contributed by atoms with van der Waals surface area (Å²) >= 11 is 0. The lowest BCUT2D eigenvalue weighted by atomic mass is 9.85. The van der Waals surface area contributed by atoms with Gasteiger partial charge in [-0.1, -0.05) is 24.3 Å². The van der Waals surface area contributed by atoms with Gasteiger partial charge in [0.05, 0.1) is 18.4 Å². The van der Waals surface area contributed by atoms with Crippen LogP contribution in [0.5, 0.6) is 11.5 Å². The van der Waals surface area contributed by atoms with Crippen LogP contribution in [0.3, 0.4) is 0 Å². The molecular weight excluding hydrogens is 422 g/mol. The molecule has 2 N–H and O–H groups in total. The Bertz CT molecular complexity index is 1160. The minimum Gasteiger partial charge on any atom is -0.454 e. The SMILES string of the molecule is O=C(CCC1(Cc2ccc3c(c2)OCO3)CCC(=O)N1)NCc1cnn(-c2ccccc2)n1. The second kappa shape index (κ2) is 8.93. The van der Waals surface area contributed by atoms with Gasteiger partial charge in [0.15, 0.2) is 11.5 Å². The highest BCUT2D eigenvalue weighted by Crippen LogP contribution is 2.35. The first-order valence-electron chi connectivity index (χ1n) is 11.0. The number of benzene rings is 2. The highest BCUT2D eigenvalue weighted by atomic mass is 16.7. The number of nitrogens with one attached hydrogen (secondary N) is 2. The summed E-state index contributed by atoms with van der Waals surface area (Å²) in [6, 6.07) is 15.4. The predicted octanol–water partition coefficient (Wildman–Crippen LogP) is 2.28. The van der Waals surface area contributed by atoms with Crippen LogP contribution >= 0.6 is 0 Å². The molecule has 3 heterocycles. The molecule has 2 aliphatic rings. The molecule has 1 saturated heterocycles. The average molecular weight is 447 g/mol. The van der Waals surface area contributed by atoms with Crippen molar-refractivity contribution in [3.8, 4) is 17.2 Å². The molecule has 2 aliphatic heterocycles. The molecule has 1 unspecified atom stereocenters. The Kier molecular flexibility index (Phi) is 5.68.